The van der Waals surface area contributed by atoms with Crippen LogP contribution in [0.3, 0.4) is 0 Å². The second-order valence-corrected chi connectivity index (χ2v) is 74.9. The van der Waals surface area contributed by atoms with Crippen molar-refractivity contribution in [2.75, 3.05) is 0 Å². The monoisotopic (exact) mass is 1310 g/mol. The van der Waals surface area contributed by atoms with Crippen molar-refractivity contribution in [2.24, 2.45) is 0 Å². The second-order valence-electron chi connectivity index (χ2n) is 29.3. The normalized spacial score (nSPS) is 13.5. The van der Waals surface area contributed by atoms with E-state index in [0.717, 1.165) is 2.19 Å². The zero-order valence-electron chi connectivity index (χ0n) is 60.8. The Hall–Kier alpha value is 2.41. The minimum atomic E-state index is -2.06. The Labute approximate surface area is 539 Å². The first-order chi connectivity index (χ1) is 39.3. The Balaban J connectivity index is 12.7. The number of hydrogen-bond acceptors (Lipinski definition) is 0. The first-order valence-electron chi connectivity index (χ1n) is 39.2. The quantitative estimate of drug-likeness (QED) is 0.0533. The van der Waals surface area contributed by atoms with Gasteiger partial charge in [0.25, 0.3) is 0 Å². The predicted octanol–water partition coefficient (Wildman–Crippen LogP) is 29.7. The van der Waals surface area contributed by atoms with Crippen molar-refractivity contribution in [3.05, 3.63) is 0 Å². The Kier molecular flexibility index (Phi) is 50.6. The van der Waals surface area contributed by atoms with Crippen molar-refractivity contribution in [3.63, 3.8) is 0 Å². The fourth-order valence-corrected chi connectivity index (χ4v) is 142. The van der Waals surface area contributed by atoms with Crippen LogP contribution in [-0.2, 0) is 29.2 Å². The van der Waals surface area contributed by atoms with Crippen LogP contribution in [0, 0.1) is 0 Å². The molecular formula is C74H162Si6Y+. The van der Waals surface area contributed by atoms with Crippen molar-refractivity contribution in [2.45, 2.75) is 467 Å². The van der Waals surface area contributed by atoms with Crippen molar-refractivity contribution in [1.29, 1.82) is 0 Å². The fourth-order valence-electron chi connectivity index (χ4n) is 19.7. The van der Waals surface area contributed by atoms with Crippen LogP contribution in [0.5, 0.6) is 0 Å². The molecule has 0 aromatic heterocycles. The molecule has 0 unspecified atom stereocenters. The molecule has 484 valence electrons. The molecule has 0 aliphatic carbocycles. The van der Waals surface area contributed by atoms with Gasteiger partial charge in [-0.25, -0.2) is 0 Å². The van der Waals surface area contributed by atoms with Gasteiger partial charge in [0, 0.05) is 0 Å². The van der Waals surface area contributed by atoms with E-state index in [1.165, 1.54) is 116 Å². The number of rotatable bonds is 62. The third kappa shape index (κ3) is 22.9. The van der Waals surface area contributed by atoms with Crippen LogP contribution in [0.1, 0.15) is 356 Å². The summed E-state index contributed by atoms with van der Waals surface area (Å²) in [6.07, 6.45) is 55.3. The summed E-state index contributed by atoms with van der Waals surface area (Å²) in [7, 11) is -12.4. The van der Waals surface area contributed by atoms with Gasteiger partial charge in [0.05, 0.1) is 0 Å². The summed E-state index contributed by atoms with van der Waals surface area (Å²) >= 11 is -1.73. The van der Waals surface area contributed by atoms with Crippen LogP contribution in [0.25, 0.3) is 0 Å². The van der Waals surface area contributed by atoms with Crippen LogP contribution < -0.4 is 0 Å². The Morgan fingerprint density at radius 1 is 0.148 bits per heavy atom. The van der Waals surface area contributed by atoms with Gasteiger partial charge in [-0.2, -0.15) is 0 Å². The molecule has 7 heteroatoms. The summed E-state index contributed by atoms with van der Waals surface area (Å²) in [5.41, 5.74) is 0. The van der Waals surface area contributed by atoms with Crippen LogP contribution >= 0.6 is 0 Å². The van der Waals surface area contributed by atoms with Crippen molar-refractivity contribution >= 4 is 48.4 Å². The Bertz CT molecular complexity index is 1010. The van der Waals surface area contributed by atoms with E-state index in [-0.39, 0.29) is 0 Å². The van der Waals surface area contributed by atoms with Crippen molar-refractivity contribution < 1.29 is 29.2 Å². The van der Waals surface area contributed by atoms with Gasteiger partial charge in [-0.05, 0) is 0 Å². The van der Waals surface area contributed by atoms with Gasteiger partial charge in [-0.3, -0.25) is 0 Å². The van der Waals surface area contributed by atoms with Gasteiger partial charge in [-0.1, -0.05) is 0 Å². The van der Waals surface area contributed by atoms with Gasteiger partial charge in [-0.15, -0.1) is 0 Å². The Morgan fingerprint density at radius 3 is 0.284 bits per heavy atom. The molecule has 81 heavy (non-hydrogen) atoms. The topological polar surface area (TPSA) is 0 Å². The maximum absolute atomic E-state index is 2.72. The molecule has 0 saturated carbocycles. The van der Waals surface area contributed by atoms with Crippen LogP contribution in [0.15, 0.2) is 0 Å². The molecule has 0 atom stereocenters. The predicted molar refractivity (Wildman–Crippen MR) is 395 cm³/mol. The molecule has 0 amide bonds. The van der Waals surface area contributed by atoms with E-state index >= 15 is 0 Å². The molecule has 0 N–H and O–H groups in total. The molecule has 0 rings (SSSR count). The molecule has 0 fully saturated rings. The summed E-state index contributed by atoms with van der Waals surface area (Å²) in [6, 6.07) is 32.5. The summed E-state index contributed by atoms with van der Waals surface area (Å²) in [6.45, 7) is 48.9. The molecule has 0 bridgehead atoms. The summed E-state index contributed by atoms with van der Waals surface area (Å²) in [4.78, 5) is 0. The third-order valence-electron chi connectivity index (χ3n) is 23.6. The molecule has 0 aromatic rings. The zero-order valence-corrected chi connectivity index (χ0v) is 69.6. The first kappa shape index (κ1) is 83.4. The molecule has 0 aliphatic heterocycles. The molecule has 0 heterocycles. The fraction of sp³-hybridized carbons (Fsp3) is 1.00. The second kappa shape index (κ2) is 49.2. The summed E-state index contributed by atoms with van der Waals surface area (Å²) < 4.78 is 1.85. The third-order valence-corrected chi connectivity index (χ3v) is 111. The van der Waals surface area contributed by atoms with Gasteiger partial charge in [0.15, 0.2) is 0 Å². The van der Waals surface area contributed by atoms with Gasteiger partial charge >= 0.3 is 544 Å². The van der Waals surface area contributed by atoms with E-state index in [2.05, 4.69) is 125 Å². The average molecular weight is 1310 g/mol. The van der Waals surface area contributed by atoms with Crippen LogP contribution in [-0.4, -0.2) is 48.4 Å². The molecule has 0 aromatic carbocycles. The van der Waals surface area contributed by atoms with Gasteiger partial charge in [0.2, 0.25) is 0 Å². The first-order valence-corrected chi connectivity index (χ1v) is 57.7. The molecule has 0 spiro atoms. The van der Waals surface area contributed by atoms with Crippen molar-refractivity contribution in [1.82, 2.24) is 0 Å². The number of hydrogen-bond donors (Lipinski definition) is 0. The van der Waals surface area contributed by atoms with Gasteiger partial charge < -0.3 is 0 Å². The average Bonchev–Trinajstić information content (AvgIpc) is 3.50. The van der Waals surface area contributed by atoms with E-state index in [9.17, 15) is 0 Å². The van der Waals surface area contributed by atoms with Crippen LogP contribution in [0.4, 0.5) is 0 Å². The molecule has 0 saturated heterocycles. The SMILES string of the molecule is CCCC[Si](CCCC)(CCCC)[C]([Y+][C]([Si](CCCC)(CCCC)CCCC)([Si](CCCC)(CCCC)CCCC)[Si](CCCC)(CCCC)CCCC)([Si](CCCC)(CCCC)CCCC)[Si](CCCC)(CCCC)CCCC. The molecular weight excluding hydrogens is 1150 g/mol. The zero-order chi connectivity index (χ0) is 60.9. The molecule has 0 nitrogen and oxygen atoms in total. The van der Waals surface area contributed by atoms with Crippen LogP contribution in [0.2, 0.25) is 111 Å². The van der Waals surface area contributed by atoms with Crippen molar-refractivity contribution in [3.8, 4) is 0 Å². The standard InChI is InChI=1S/2C37H81Si3.Y/c2*1-10-19-28-38(29-20-11-2,30-21-12-3)37(39(31-22-13-4,32-23-14-5)33-24-15-6)40(34-25-16-7,35-26-17-8)36-27-18-9;/h2*10-36H2,1-9H3;/q;;+1. The minimum absolute atomic E-state index is 0.926. The summed E-state index contributed by atoms with van der Waals surface area (Å²) in [5, 5.41) is 0. The molecule has 0 radical (unpaired) electrons. The van der Waals surface area contributed by atoms with E-state index < -0.39 is 77.6 Å². The van der Waals surface area contributed by atoms with E-state index in [4.69, 9.17) is 0 Å². The van der Waals surface area contributed by atoms with E-state index in [1.807, 2.05) is 0 Å². The van der Waals surface area contributed by atoms with Gasteiger partial charge in [0.1, 0.15) is 0 Å². The summed E-state index contributed by atoms with van der Waals surface area (Å²) in [5.74, 6) is 0. The Morgan fingerprint density at radius 2 is 0.222 bits per heavy atom. The van der Waals surface area contributed by atoms with E-state index in [1.54, 1.807) is 224 Å². The maximum atomic E-state index is 2.72. The van der Waals surface area contributed by atoms with E-state index in [0.29, 0.717) is 0 Å². The molecule has 0 aliphatic rings. The number of unbranched alkanes of at least 4 members (excludes halogenated alkanes) is 18.